The average molecular weight is 325 g/mol. The van der Waals surface area contributed by atoms with Gasteiger partial charge in [0, 0.05) is 38.8 Å². The standard InChI is InChI=1S/C16H19N7O/c1-21(10-14-9-18-22(2)11-14)16(24)15(23-12-17-19-20-23)8-13-6-4-3-5-7-13/h3-7,9,11-12,15H,8,10H2,1-2H3/t15-/m1/s1. The Morgan fingerprint density at radius 2 is 2.04 bits per heavy atom. The molecule has 0 bridgehead atoms. The Bertz CT molecular complexity index is 782. The molecule has 1 aromatic carbocycles. The zero-order valence-corrected chi connectivity index (χ0v) is 13.6. The van der Waals surface area contributed by atoms with Crippen molar-refractivity contribution in [3.8, 4) is 0 Å². The topological polar surface area (TPSA) is 81.7 Å². The Morgan fingerprint density at radius 3 is 2.67 bits per heavy atom. The number of nitrogens with zero attached hydrogens (tertiary/aromatic N) is 7. The number of hydrogen-bond acceptors (Lipinski definition) is 5. The van der Waals surface area contributed by atoms with Crippen molar-refractivity contribution in [2.75, 3.05) is 7.05 Å². The van der Waals surface area contributed by atoms with E-state index in [2.05, 4.69) is 20.6 Å². The molecule has 0 fully saturated rings. The minimum absolute atomic E-state index is 0.0463. The van der Waals surface area contributed by atoms with Gasteiger partial charge in [-0.15, -0.1) is 5.10 Å². The number of carbonyl (C=O) groups is 1. The number of likely N-dealkylation sites (N-methyl/N-ethyl adjacent to an activating group) is 1. The van der Waals surface area contributed by atoms with E-state index in [-0.39, 0.29) is 5.91 Å². The number of carbonyl (C=O) groups excluding carboxylic acids is 1. The lowest BCUT2D eigenvalue weighted by molar-refractivity contribution is -0.134. The van der Waals surface area contributed by atoms with Crippen LogP contribution >= 0.6 is 0 Å². The monoisotopic (exact) mass is 325 g/mol. The molecule has 1 amide bonds. The van der Waals surface area contributed by atoms with Crippen molar-refractivity contribution in [1.29, 1.82) is 0 Å². The fraction of sp³-hybridized carbons (Fsp3) is 0.312. The van der Waals surface area contributed by atoms with Crippen molar-refractivity contribution in [3.63, 3.8) is 0 Å². The van der Waals surface area contributed by atoms with E-state index in [4.69, 9.17) is 0 Å². The average Bonchev–Trinajstić information content (AvgIpc) is 3.25. The number of tetrazole rings is 1. The Hall–Kier alpha value is -3.03. The molecule has 3 aromatic rings. The maximum absolute atomic E-state index is 12.9. The van der Waals surface area contributed by atoms with Gasteiger partial charge in [0.15, 0.2) is 0 Å². The van der Waals surface area contributed by atoms with Gasteiger partial charge in [-0.25, -0.2) is 4.68 Å². The Kier molecular flexibility index (Phi) is 4.64. The van der Waals surface area contributed by atoms with Gasteiger partial charge in [-0.2, -0.15) is 5.10 Å². The molecule has 0 unspecified atom stereocenters. The lowest BCUT2D eigenvalue weighted by atomic mass is 10.0. The van der Waals surface area contributed by atoms with E-state index < -0.39 is 6.04 Å². The predicted molar refractivity (Wildman–Crippen MR) is 86.7 cm³/mol. The highest BCUT2D eigenvalue weighted by Gasteiger charge is 2.25. The normalized spacial score (nSPS) is 12.1. The van der Waals surface area contributed by atoms with Gasteiger partial charge < -0.3 is 4.90 Å². The van der Waals surface area contributed by atoms with Gasteiger partial charge in [0.25, 0.3) is 0 Å². The molecule has 2 aromatic heterocycles. The van der Waals surface area contributed by atoms with Crippen molar-refractivity contribution in [3.05, 3.63) is 60.2 Å². The number of aryl methyl sites for hydroxylation is 1. The molecule has 3 rings (SSSR count). The molecule has 0 radical (unpaired) electrons. The molecular weight excluding hydrogens is 306 g/mol. The second-order valence-electron chi connectivity index (χ2n) is 5.71. The minimum Gasteiger partial charge on any atom is -0.339 e. The van der Waals surface area contributed by atoms with E-state index in [9.17, 15) is 4.79 Å². The maximum Gasteiger partial charge on any atom is 0.247 e. The molecule has 0 saturated carbocycles. The third-order valence-corrected chi connectivity index (χ3v) is 3.80. The fourth-order valence-corrected chi connectivity index (χ4v) is 2.60. The van der Waals surface area contributed by atoms with Crippen LogP contribution in [0.25, 0.3) is 0 Å². The number of amides is 1. The summed E-state index contributed by atoms with van der Waals surface area (Å²) in [5.74, 6) is -0.0463. The smallest absolute Gasteiger partial charge is 0.247 e. The van der Waals surface area contributed by atoms with Crippen molar-refractivity contribution < 1.29 is 4.79 Å². The van der Waals surface area contributed by atoms with Crippen LogP contribution in [0, 0.1) is 0 Å². The molecule has 24 heavy (non-hydrogen) atoms. The first-order chi connectivity index (χ1) is 11.6. The summed E-state index contributed by atoms with van der Waals surface area (Å²) < 4.78 is 3.23. The van der Waals surface area contributed by atoms with Crippen LogP contribution in [0.3, 0.4) is 0 Å². The highest BCUT2D eigenvalue weighted by Crippen LogP contribution is 2.16. The molecule has 0 spiro atoms. The molecule has 1 atom stereocenters. The van der Waals surface area contributed by atoms with Gasteiger partial charge in [-0.05, 0) is 16.0 Å². The van der Waals surface area contributed by atoms with Gasteiger partial charge in [0.1, 0.15) is 12.4 Å². The Morgan fingerprint density at radius 1 is 1.25 bits per heavy atom. The van der Waals surface area contributed by atoms with E-state index in [0.29, 0.717) is 13.0 Å². The zero-order valence-electron chi connectivity index (χ0n) is 13.6. The van der Waals surface area contributed by atoms with E-state index in [1.165, 1.54) is 11.0 Å². The van der Waals surface area contributed by atoms with Crippen LogP contribution in [0.15, 0.2) is 49.1 Å². The Labute approximate surface area is 139 Å². The molecule has 0 aliphatic carbocycles. The van der Waals surface area contributed by atoms with E-state index >= 15 is 0 Å². The van der Waals surface area contributed by atoms with Crippen LogP contribution in [-0.2, 0) is 24.8 Å². The second-order valence-corrected chi connectivity index (χ2v) is 5.71. The summed E-state index contributed by atoms with van der Waals surface area (Å²) in [5.41, 5.74) is 2.03. The predicted octanol–water partition coefficient (Wildman–Crippen LogP) is 0.849. The van der Waals surface area contributed by atoms with E-state index in [1.807, 2.05) is 43.6 Å². The van der Waals surface area contributed by atoms with Gasteiger partial charge in [-0.1, -0.05) is 30.3 Å². The summed E-state index contributed by atoms with van der Waals surface area (Å²) in [7, 11) is 3.63. The molecule has 0 N–H and O–H groups in total. The van der Waals surface area contributed by atoms with Gasteiger partial charge in [-0.3, -0.25) is 9.48 Å². The summed E-state index contributed by atoms with van der Waals surface area (Å²) in [6.45, 7) is 0.486. The summed E-state index contributed by atoms with van der Waals surface area (Å²) in [6, 6.07) is 9.36. The molecule has 0 aliphatic rings. The highest BCUT2D eigenvalue weighted by molar-refractivity contribution is 5.80. The lowest BCUT2D eigenvalue weighted by Crippen LogP contribution is -2.35. The summed E-state index contributed by atoms with van der Waals surface area (Å²) in [4.78, 5) is 14.6. The van der Waals surface area contributed by atoms with Gasteiger partial charge >= 0.3 is 0 Å². The van der Waals surface area contributed by atoms with Crippen molar-refractivity contribution >= 4 is 5.91 Å². The van der Waals surface area contributed by atoms with Crippen LogP contribution in [0.2, 0.25) is 0 Å². The van der Waals surface area contributed by atoms with Crippen LogP contribution in [0.1, 0.15) is 17.2 Å². The molecule has 8 heteroatoms. The number of aromatic nitrogens is 6. The third-order valence-electron chi connectivity index (χ3n) is 3.80. The molecular formula is C16H19N7O. The van der Waals surface area contributed by atoms with Crippen LogP contribution in [-0.4, -0.2) is 47.8 Å². The lowest BCUT2D eigenvalue weighted by Gasteiger charge is -2.23. The minimum atomic E-state index is -0.482. The van der Waals surface area contributed by atoms with Crippen molar-refractivity contribution in [2.24, 2.45) is 7.05 Å². The molecule has 124 valence electrons. The molecule has 8 nitrogen and oxygen atoms in total. The number of benzene rings is 1. The first-order valence-electron chi connectivity index (χ1n) is 7.62. The largest absolute Gasteiger partial charge is 0.339 e. The highest BCUT2D eigenvalue weighted by atomic mass is 16.2. The van der Waals surface area contributed by atoms with Crippen molar-refractivity contribution in [2.45, 2.75) is 19.0 Å². The second kappa shape index (κ2) is 7.03. The number of hydrogen-bond donors (Lipinski definition) is 0. The first-order valence-corrected chi connectivity index (χ1v) is 7.62. The van der Waals surface area contributed by atoms with Crippen LogP contribution < -0.4 is 0 Å². The quantitative estimate of drug-likeness (QED) is 0.671. The summed E-state index contributed by atoms with van der Waals surface area (Å²) >= 11 is 0. The fourth-order valence-electron chi connectivity index (χ4n) is 2.60. The van der Waals surface area contributed by atoms with E-state index in [0.717, 1.165) is 11.1 Å². The van der Waals surface area contributed by atoms with Crippen molar-refractivity contribution in [1.82, 2.24) is 34.9 Å². The summed E-state index contributed by atoms with van der Waals surface area (Å²) in [5, 5.41) is 15.4. The molecule has 0 saturated heterocycles. The third kappa shape index (κ3) is 3.65. The first kappa shape index (κ1) is 15.9. The van der Waals surface area contributed by atoms with Crippen LogP contribution in [0.5, 0.6) is 0 Å². The van der Waals surface area contributed by atoms with Gasteiger partial charge in [0.05, 0.1) is 6.20 Å². The summed E-state index contributed by atoms with van der Waals surface area (Å²) in [6.07, 6.45) is 5.66. The Balaban J connectivity index is 1.78. The zero-order chi connectivity index (χ0) is 16.9. The SMILES string of the molecule is CN(Cc1cnn(C)c1)C(=O)[C@@H](Cc1ccccc1)n1cnnn1. The molecule has 0 aliphatic heterocycles. The maximum atomic E-state index is 12.9. The number of rotatable bonds is 6. The molecule has 2 heterocycles. The van der Waals surface area contributed by atoms with Crippen LogP contribution in [0.4, 0.5) is 0 Å². The van der Waals surface area contributed by atoms with E-state index in [1.54, 1.807) is 22.8 Å². The van der Waals surface area contributed by atoms with Gasteiger partial charge in [0.2, 0.25) is 5.91 Å².